The molecule has 0 bridgehead atoms. The fourth-order valence-corrected chi connectivity index (χ4v) is 3.38. The van der Waals surface area contributed by atoms with E-state index >= 15 is 0 Å². The predicted octanol–water partition coefficient (Wildman–Crippen LogP) is 3.50. The van der Waals surface area contributed by atoms with Crippen LogP contribution in [-0.2, 0) is 16.0 Å². The quantitative estimate of drug-likeness (QED) is 0.636. The van der Waals surface area contributed by atoms with Crippen LogP contribution in [0, 0.1) is 5.92 Å². The molecule has 2 aromatic rings. The zero-order chi connectivity index (χ0) is 18.4. The van der Waals surface area contributed by atoms with Gasteiger partial charge in [-0.2, -0.15) is 11.3 Å². The van der Waals surface area contributed by atoms with E-state index in [0.717, 1.165) is 16.7 Å². The molecule has 0 saturated heterocycles. The van der Waals surface area contributed by atoms with Gasteiger partial charge in [0.05, 0.1) is 0 Å². The average molecular weight is 361 g/mol. The van der Waals surface area contributed by atoms with Crippen LogP contribution in [-0.4, -0.2) is 34.2 Å². The minimum absolute atomic E-state index is 0.157. The van der Waals surface area contributed by atoms with Gasteiger partial charge in [0.15, 0.2) is 0 Å². The molecule has 1 aromatic carbocycles. The number of hydrogen-bond acceptors (Lipinski definition) is 4. The Balaban J connectivity index is 2.15. The first kappa shape index (κ1) is 19.1. The topological polar surface area (TPSA) is 86.6 Å². The van der Waals surface area contributed by atoms with Gasteiger partial charge in [0, 0.05) is 0 Å². The van der Waals surface area contributed by atoms with Crippen molar-refractivity contribution < 1.29 is 19.8 Å². The number of rotatable bonds is 9. The Bertz CT molecular complexity index is 712. The molecule has 0 spiro atoms. The summed E-state index contributed by atoms with van der Waals surface area (Å²) in [5.41, 5.74) is 2.98. The van der Waals surface area contributed by atoms with Gasteiger partial charge < -0.3 is 10.2 Å². The molecule has 6 heteroatoms. The molecule has 0 amide bonds. The number of benzene rings is 1. The molecule has 0 radical (unpaired) electrons. The summed E-state index contributed by atoms with van der Waals surface area (Å²) < 4.78 is 0. The standard InChI is InChI=1S/C19H23NO4S/c1-12(2)8-16(18(21)22)20-17(19(23)24)10-13-4-3-5-14(9-13)15-6-7-25-11-15/h3-7,9,11-12,16-17,20H,8,10H2,1-2H3,(H,21,22)(H,23,24)/t16-,17?/m0/s1. The SMILES string of the molecule is CC(C)C[C@H](NC(Cc1cccc(-c2ccsc2)c1)C(=O)O)C(=O)O. The van der Waals surface area contributed by atoms with Crippen LogP contribution in [0.15, 0.2) is 41.1 Å². The zero-order valence-corrected chi connectivity index (χ0v) is 15.1. The lowest BCUT2D eigenvalue weighted by Gasteiger charge is -2.22. The van der Waals surface area contributed by atoms with Gasteiger partial charge in [-0.15, -0.1) is 0 Å². The number of thiophene rings is 1. The van der Waals surface area contributed by atoms with E-state index in [4.69, 9.17) is 0 Å². The number of hydrogen-bond donors (Lipinski definition) is 3. The first-order valence-electron chi connectivity index (χ1n) is 8.20. The van der Waals surface area contributed by atoms with E-state index in [-0.39, 0.29) is 12.3 Å². The second kappa shape index (κ2) is 8.78. The maximum atomic E-state index is 11.6. The molecule has 0 aliphatic heterocycles. The van der Waals surface area contributed by atoms with Gasteiger partial charge in [-0.3, -0.25) is 14.9 Å². The molecule has 2 rings (SSSR count). The van der Waals surface area contributed by atoms with Crippen molar-refractivity contribution in [2.75, 3.05) is 0 Å². The lowest BCUT2D eigenvalue weighted by atomic mass is 9.98. The normalized spacial score (nSPS) is 13.6. The van der Waals surface area contributed by atoms with Gasteiger partial charge in [0.2, 0.25) is 0 Å². The van der Waals surface area contributed by atoms with Crippen LogP contribution in [0.2, 0.25) is 0 Å². The summed E-state index contributed by atoms with van der Waals surface area (Å²) in [6, 6.07) is 7.89. The van der Waals surface area contributed by atoms with Crippen LogP contribution in [0.5, 0.6) is 0 Å². The molecule has 3 N–H and O–H groups in total. The van der Waals surface area contributed by atoms with Crippen molar-refractivity contribution in [3.05, 3.63) is 46.7 Å². The van der Waals surface area contributed by atoms with Gasteiger partial charge >= 0.3 is 11.9 Å². The van der Waals surface area contributed by atoms with Crippen LogP contribution in [0.25, 0.3) is 11.1 Å². The number of carboxylic acid groups (broad SMARTS) is 2. The van der Waals surface area contributed by atoms with Gasteiger partial charge in [-0.05, 0) is 52.3 Å². The first-order chi connectivity index (χ1) is 11.9. The Labute approximate surface area is 151 Å². The smallest absolute Gasteiger partial charge is 0.321 e. The summed E-state index contributed by atoms with van der Waals surface area (Å²) in [7, 11) is 0. The van der Waals surface area contributed by atoms with Crippen LogP contribution in [0.3, 0.4) is 0 Å². The van der Waals surface area contributed by atoms with E-state index < -0.39 is 24.0 Å². The Morgan fingerprint density at radius 1 is 1.08 bits per heavy atom. The van der Waals surface area contributed by atoms with Crippen molar-refractivity contribution in [3.63, 3.8) is 0 Å². The molecule has 2 atom stereocenters. The van der Waals surface area contributed by atoms with E-state index in [1.54, 1.807) is 11.3 Å². The van der Waals surface area contributed by atoms with Crippen molar-refractivity contribution in [2.24, 2.45) is 5.92 Å². The summed E-state index contributed by atoms with van der Waals surface area (Å²) >= 11 is 1.60. The van der Waals surface area contributed by atoms with Gasteiger partial charge in [-0.25, -0.2) is 0 Å². The largest absolute Gasteiger partial charge is 0.480 e. The van der Waals surface area contributed by atoms with Crippen molar-refractivity contribution >= 4 is 23.3 Å². The van der Waals surface area contributed by atoms with E-state index in [1.807, 2.05) is 54.9 Å². The van der Waals surface area contributed by atoms with Crippen LogP contribution >= 0.6 is 11.3 Å². The Kier molecular flexibility index (Phi) is 6.73. The monoisotopic (exact) mass is 361 g/mol. The van der Waals surface area contributed by atoms with E-state index in [1.165, 1.54) is 0 Å². The molecule has 1 unspecified atom stereocenters. The highest BCUT2D eigenvalue weighted by Gasteiger charge is 2.26. The molecule has 134 valence electrons. The summed E-state index contributed by atoms with van der Waals surface area (Å²) in [5.74, 6) is -1.91. The fourth-order valence-electron chi connectivity index (χ4n) is 2.71. The third-order valence-electron chi connectivity index (χ3n) is 3.93. The van der Waals surface area contributed by atoms with Crippen molar-refractivity contribution in [3.8, 4) is 11.1 Å². The minimum atomic E-state index is -1.05. The van der Waals surface area contributed by atoms with Crippen LogP contribution < -0.4 is 5.32 Å². The molecular formula is C19H23NO4S. The van der Waals surface area contributed by atoms with Crippen molar-refractivity contribution in [1.29, 1.82) is 0 Å². The van der Waals surface area contributed by atoms with E-state index in [0.29, 0.717) is 6.42 Å². The van der Waals surface area contributed by atoms with Crippen molar-refractivity contribution in [1.82, 2.24) is 5.32 Å². The molecule has 0 fully saturated rings. The Morgan fingerprint density at radius 3 is 2.36 bits per heavy atom. The molecule has 0 aliphatic rings. The highest BCUT2D eigenvalue weighted by Crippen LogP contribution is 2.23. The second-order valence-electron chi connectivity index (χ2n) is 6.49. The summed E-state index contributed by atoms with van der Waals surface area (Å²) in [6.07, 6.45) is 0.614. The molecular weight excluding hydrogens is 338 g/mol. The minimum Gasteiger partial charge on any atom is -0.480 e. The fraction of sp³-hybridized carbons (Fsp3) is 0.368. The average Bonchev–Trinajstić information content (AvgIpc) is 3.07. The van der Waals surface area contributed by atoms with E-state index in [9.17, 15) is 19.8 Å². The maximum absolute atomic E-state index is 11.6. The summed E-state index contributed by atoms with van der Waals surface area (Å²) in [4.78, 5) is 23.0. The number of carbonyl (C=O) groups is 2. The highest BCUT2D eigenvalue weighted by atomic mass is 32.1. The van der Waals surface area contributed by atoms with Crippen LogP contribution in [0.4, 0.5) is 0 Å². The van der Waals surface area contributed by atoms with Gasteiger partial charge in [0.25, 0.3) is 0 Å². The third-order valence-corrected chi connectivity index (χ3v) is 4.61. The molecule has 1 aromatic heterocycles. The molecule has 0 aliphatic carbocycles. The molecule has 1 heterocycles. The Morgan fingerprint density at radius 2 is 1.80 bits per heavy atom. The molecule has 25 heavy (non-hydrogen) atoms. The lowest BCUT2D eigenvalue weighted by Crippen LogP contribution is -2.48. The molecule has 0 saturated carbocycles. The predicted molar refractivity (Wildman–Crippen MR) is 98.9 cm³/mol. The number of carboxylic acids is 2. The Hall–Kier alpha value is -2.18. The summed E-state index contributed by atoms with van der Waals surface area (Å²) in [5, 5.41) is 25.7. The molecule has 5 nitrogen and oxygen atoms in total. The van der Waals surface area contributed by atoms with Gasteiger partial charge in [-0.1, -0.05) is 38.1 Å². The highest BCUT2D eigenvalue weighted by molar-refractivity contribution is 7.08. The first-order valence-corrected chi connectivity index (χ1v) is 9.14. The van der Waals surface area contributed by atoms with Crippen molar-refractivity contribution in [2.45, 2.75) is 38.8 Å². The lowest BCUT2D eigenvalue weighted by molar-refractivity contribution is -0.142. The second-order valence-corrected chi connectivity index (χ2v) is 7.27. The number of aliphatic carboxylic acids is 2. The number of nitrogens with one attached hydrogen (secondary N) is 1. The third kappa shape index (κ3) is 5.69. The maximum Gasteiger partial charge on any atom is 0.321 e. The summed E-state index contributed by atoms with van der Waals surface area (Å²) in [6.45, 7) is 3.83. The van der Waals surface area contributed by atoms with Gasteiger partial charge in [0.1, 0.15) is 12.1 Å². The van der Waals surface area contributed by atoms with Crippen LogP contribution in [0.1, 0.15) is 25.8 Å². The zero-order valence-electron chi connectivity index (χ0n) is 14.3. The van der Waals surface area contributed by atoms with E-state index in [2.05, 4.69) is 5.32 Å².